The van der Waals surface area contributed by atoms with Crippen LogP contribution in [0.5, 0.6) is 11.5 Å². The third-order valence-corrected chi connectivity index (χ3v) is 3.06. The maximum atomic E-state index is 12.7. The number of hydrogen-bond acceptors (Lipinski definition) is 2. The molecule has 0 saturated carbocycles. The summed E-state index contributed by atoms with van der Waals surface area (Å²) in [6, 6.07) is 7.46. The van der Waals surface area contributed by atoms with E-state index in [-0.39, 0.29) is 6.42 Å². The van der Waals surface area contributed by atoms with Crippen LogP contribution in [0.25, 0.3) is 0 Å². The first-order chi connectivity index (χ1) is 9.01. The fourth-order valence-corrected chi connectivity index (χ4v) is 1.91. The second-order valence-corrected chi connectivity index (χ2v) is 5.70. The zero-order chi connectivity index (χ0) is 14.1. The van der Waals surface area contributed by atoms with Crippen LogP contribution in [-0.4, -0.2) is 18.3 Å². The van der Waals surface area contributed by atoms with Gasteiger partial charge in [0.05, 0.1) is 13.7 Å². The third kappa shape index (κ3) is 8.17. The first kappa shape index (κ1) is 16.4. The van der Waals surface area contributed by atoms with Crippen LogP contribution in [0.2, 0.25) is 0 Å². The quantitative estimate of drug-likeness (QED) is 0.465. The van der Waals surface area contributed by atoms with Crippen molar-refractivity contribution >= 4 is 23.2 Å². The van der Waals surface area contributed by atoms with Crippen LogP contribution in [0, 0.1) is 0 Å². The Morgan fingerprint density at radius 3 is 2.16 bits per heavy atom. The molecular weight excluding hydrogens is 290 g/mol. The minimum absolute atomic E-state index is 0.176. The van der Waals surface area contributed by atoms with Gasteiger partial charge < -0.3 is 9.47 Å². The van der Waals surface area contributed by atoms with Gasteiger partial charge in [0, 0.05) is 6.42 Å². The number of unbranched alkanes of at least 4 members (excludes halogenated alkanes) is 3. The van der Waals surface area contributed by atoms with Crippen LogP contribution in [0.3, 0.4) is 0 Å². The van der Waals surface area contributed by atoms with Gasteiger partial charge in [0.25, 0.3) is 4.59 Å². The maximum Gasteiger partial charge on any atom is 0.257 e. The lowest BCUT2D eigenvalue weighted by Crippen LogP contribution is -2.03. The molecule has 0 unspecified atom stereocenters. The van der Waals surface area contributed by atoms with Gasteiger partial charge in [-0.1, -0.05) is 36.0 Å². The molecule has 5 heteroatoms. The highest BCUT2D eigenvalue weighted by Gasteiger charge is 2.20. The molecule has 2 nitrogen and oxygen atoms in total. The van der Waals surface area contributed by atoms with Gasteiger partial charge >= 0.3 is 0 Å². The molecule has 0 spiro atoms. The van der Waals surface area contributed by atoms with Gasteiger partial charge in [0.1, 0.15) is 11.5 Å². The molecule has 0 N–H and O–H groups in total. The number of benzene rings is 1. The summed E-state index contributed by atoms with van der Waals surface area (Å²) in [4.78, 5) is 0. The minimum Gasteiger partial charge on any atom is -0.497 e. The highest BCUT2D eigenvalue weighted by Crippen LogP contribution is 2.29. The van der Waals surface area contributed by atoms with Gasteiger partial charge in [-0.3, -0.25) is 0 Å². The van der Waals surface area contributed by atoms with E-state index in [9.17, 15) is 4.39 Å². The predicted molar refractivity (Wildman–Crippen MR) is 77.1 cm³/mol. The molecule has 19 heavy (non-hydrogen) atoms. The topological polar surface area (TPSA) is 18.5 Å². The summed E-state index contributed by atoms with van der Waals surface area (Å²) in [5.41, 5.74) is 0. The lowest BCUT2D eigenvalue weighted by atomic mass is 10.1. The molecule has 0 aliphatic rings. The van der Waals surface area contributed by atoms with Crippen LogP contribution < -0.4 is 9.47 Å². The second-order valence-electron chi connectivity index (χ2n) is 4.30. The van der Waals surface area contributed by atoms with Crippen molar-refractivity contribution in [3.05, 3.63) is 24.3 Å². The van der Waals surface area contributed by atoms with Crippen molar-refractivity contribution in [2.75, 3.05) is 13.7 Å². The molecule has 1 rings (SSSR count). The standard InChI is InChI=1S/C14H19Cl2FO2/c1-18-12-6-8-13(9-7-12)19-11-5-3-2-4-10-14(15,16)17/h6-9H,2-5,10-11H2,1H3. The Kier molecular flexibility index (Phi) is 7.32. The van der Waals surface area contributed by atoms with Crippen molar-refractivity contribution in [2.45, 2.75) is 36.7 Å². The predicted octanol–water partition coefficient (Wildman–Crippen LogP) is 5.13. The van der Waals surface area contributed by atoms with Gasteiger partial charge in [-0.2, -0.15) is 0 Å². The lowest BCUT2D eigenvalue weighted by Gasteiger charge is -2.09. The molecule has 0 atom stereocenters. The molecule has 0 bridgehead atoms. The van der Waals surface area contributed by atoms with Crippen molar-refractivity contribution in [3.8, 4) is 11.5 Å². The molecule has 0 aliphatic heterocycles. The Hall–Kier alpha value is -0.670. The summed E-state index contributed by atoms with van der Waals surface area (Å²) in [6.45, 7) is 0.648. The molecule has 0 heterocycles. The van der Waals surface area contributed by atoms with E-state index in [2.05, 4.69) is 0 Å². The van der Waals surface area contributed by atoms with E-state index >= 15 is 0 Å². The molecule has 0 amide bonds. The summed E-state index contributed by atoms with van der Waals surface area (Å²) in [7, 11) is 1.63. The average Bonchev–Trinajstić information content (AvgIpc) is 2.37. The van der Waals surface area contributed by atoms with Crippen LogP contribution in [0.15, 0.2) is 24.3 Å². The van der Waals surface area contributed by atoms with E-state index in [0.717, 1.165) is 30.8 Å². The molecule has 0 fully saturated rings. The highest BCUT2D eigenvalue weighted by molar-refractivity contribution is 6.47. The van der Waals surface area contributed by atoms with Crippen molar-refractivity contribution in [3.63, 3.8) is 0 Å². The Labute approximate surface area is 123 Å². The number of halogens is 3. The van der Waals surface area contributed by atoms with Crippen LogP contribution in [-0.2, 0) is 0 Å². The third-order valence-electron chi connectivity index (χ3n) is 2.68. The van der Waals surface area contributed by atoms with Gasteiger partial charge in [-0.15, -0.1) is 0 Å². The second kappa shape index (κ2) is 8.49. The number of ether oxygens (including phenoxy) is 2. The molecule has 0 saturated heterocycles. The smallest absolute Gasteiger partial charge is 0.257 e. The monoisotopic (exact) mass is 308 g/mol. The SMILES string of the molecule is COc1ccc(OCCCCCCC(F)(Cl)Cl)cc1. The minimum atomic E-state index is -2.08. The number of rotatable bonds is 9. The molecule has 1 aromatic carbocycles. The Morgan fingerprint density at radius 1 is 1.00 bits per heavy atom. The van der Waals surface area contributed by atoms with Crippen LogP contribution >= 0.6 is 23.2 Å². The van der Waals surface area contributed by atoms with Gasteiger partial charge in [-0.25, -0.2) is 4.39 Å². The molecular formula is C14H19Cl2FO2. The summed E-state index contributed by atoms with van der Waals surface area (Å²) >= 11 is 10.5. The van der Waals surface area contributed by atoms with Crippen LogP contribution in [0.4, 0.5) is 4.39 Å². The summed E-state index contributed by atoms with van der Waals surface area (Å²) in [6.07, 6.45) is 3.66. The average molecular weight is 309 g/mol. The van der Waals surface area contributed by atoms with Crippen molar-refractivity contribution < 1.29 is 13.9 Å². The van der Waals surface area contributed by atoms with E-state index in [0.29, 0.717) is 13.0 Å². The molecule has 0 aliphatic carbocycles. The number of hydrogen-bond donors (Lipinski definition) is 0. The first-order valence-corrected chi connectivity index (χ1v) is 7.10. The summed E-state index contributed by atoms with van der Waals surface area (Å²) in [5.74, 6) is 1.63. The Bertz CT molecular complexity index is 349. The summed E-state index contributed by atoms with van der Waals surface area (Å²) in [5, 5.41) is 0. The first-order valence-electron chi connectivity index (χ1n) is 6.35. The molecule has 0 aromatic heterocycles. The van der Waals surface area contributed by atoms with E-state index in [1.54, 1.807) is 7.11 Å². The number of methoxy groups -OCH3 is 1. The lowest BCUT2D eigenvalue weighted by molar-refractivity contribution is 0.300. The zero-order valence-electron chi connectivity index (χ0n) is 11.0. The van der Waals surface area contributed by atoms with E-state index < -0.39 is 4.59 Å². The fraction of sp³-hybridized carbons (Fsp3) is 0.571. The molecule has 0 radical (unpaired) electrons. The Balaban J connectivity index is 2.04. The van der Waals surface area contributed by atoms with Gasteiger partial charge in [0.2, 0.25) is 0 Å². The number of alkyl halides is 3. The van der Waals surface area contributed by atoms with E-state index in [1.807, 2.05) is 24.3 Å². The fourth-order valence-electron chi connectivity index (χ4n) is 1.64. The molecule has 108 valence electrons. The van der Waals surface area contributed by atoms with E-state index in [4.69, 9.17) is 32.7 Å². The van der Waals surface area contributed by atoms with Gasteiger partial charge in [-0.05, 0) is 37.1 Å². The normalized spacial score (nSPS) is 11.4. The van der Waals surface area contributed by atoms with Crippen molar-refractivity contribution in [2.24, 2.45) is 0 Å². The largest absolute Gasteiger partial charge is 0.497 e. The van der Waals surface area contributed by atoms with Crippen LogP contribution in [0.1, 0.15) is 32.1 Å². The Morgan fingerprint density at radius 2 is 1.58 bits per heavy atom. The highest BCUT2D eigenvalue weighted by atomic mass is 35.5. The maximum absolute atomic E-state index is 12.7. The van der Waals surface area contributed by atoms with E-state index in [1.165, 1.54) is 0 Å². The van der Waals surface area contributed by atoms with Gasteiger partial charge in [0.15, 0.2) is 0 Å². The van der Waals surface area contributed by atoms with Crippen molar-refractivity contribution in [1.29, 1.82) is 0 Å². The summed E-state index contributed by atoms with van der Waals surface area (Å²) < 4.78 is 21.3. The van der Waals surface area contributed by atoms with Crippen molar-refractivity contribution in [1.82, 2.24) is 0 Å². The zero-order valence-corrected chi connectivity index (χ0v) is 12.5. The molecule has 1 aromatic rings.